The van der Waals surface area contributed by atoms with Crippen molar-refractivity contribution in [2.45, 2.75) is 38.5 Å². The van der Waals surface area contributed by atoms with Gasteiger partial charge in [0.05, 0.1) is 12.1 Å². The number of benzene rings is 18. The molecule has 2 aliphatic heterocycles. The lowest BCUT2D eigenvalue weighted by Gasteiger charge is -2.36. The van der Waals surface area contributed by atoms with Crippen LogP contribution in [0.5, 0.6) is 0 Å². The van der Waals surface area contributed by atoms with Crippen molar-refractivity contribution in [1.82, 2.24) is 4.90 Å². The summed E-state index contributed by atoms with van der Waals surface area (Å²) in [6.07, 6.45) is -0.150. The van der Waals surface area contributed by atoms with E-state index in [0.717, 1.165) is 0 Å². The fourth-order valence-electron chi connectivity index (χ4n) is 23.5. The third kappa shape index (κ3) is 1.40. The molecular weight excluding hydrogens is 827 g/mol. The standard InChI is InChI=1S/C65H11NO2/c1-65(2,3)68-64(67)66-62-58-50-42-32-22-14-6-4-5-8-12-10(6)18-26-20(12)30-24-16(8)17-9(5)13-11-7(4)15(14)23-29-19(11)27-21(13)31-25(17)35-34(24)44-38(30)48-40(26)46(36(42)28(18)22)54(58)56(48)60-52(44)53-45(35)39(31)49-41(27)47-37(29)43(33(23)32)51(50)59(62)55(47)57(49)61(53)63(60)66/h62-63H,1-3H3. The summed E-state index contributed by atoms with van der Waals surface area (Å²) in [6.45, 7) is 6.24. The molecule has 32 rings (SSSR count). The minimum atomic E-state index is -0.649. The van der Waals surface area contributed by atoms with E-state index in [1.165, 1.54) is 108 Å². The van der Waals surface area contributed by atoms with E-state index >= 15 is 4.79 Å². The Bertz CT molecular complexity index is 6490. The summed E-state index contributed by atoms with van der Waals surface area (Å²) in [5.41, 5.74) is 5.10. The number of hydrogen-bond acceptors (Lipinski definition) is 2. The topological polar surface area (TPSA) is 29.5 Å². The van der Waals surface area contributed by atoms with Crippen LogP contribution in [0.4, 0.5) is 4.79 Å². The predicted octanol–water partition coefficient (Wildman–Crippen LogP) is 18.1. The Balaban J connectivity index is 1.20. The van der Waals surface area contributed by atoms with Gasteiger partial charge in [-0.2, -0.15) is 0 Å². The monoisotopic (exact) mass is 837 g/mol. The van der Waals surface area contributed by atoms with Gasteiger partial charge in [0.1, 0.15) is 5.60 Å². The molecule has 0 spiro atoms. The Morgan fingerprint density at radius 2 is 0.368 bits per heavy atom. The molecule has 0 aromatic heterocycles. The highest BCUT2D eigenvalue weighted by atomic mass is 16.6. The highest BCUT2D eigenvalue weighted by Crippen LogP contribution is 2.81. The van der Waals surface area contributed by atoms with Gasteiger partial charge in [0, 0.05) is 0 Å². The SMILES string of the molecule is CC(C)(C)OC(=O)N1C2c3c4c5c6c7c8c(c9c%10c2c2c3c3c%11c4c4c5c5c7c7c%12c8c8c9c9c%10c%10c2c2c3c3c%11c%11c4c4c5c7c5c7c%12c8c8c9c9c%10c2c2c3c3c%11c4c5c4c7c8c9c2c34)C61. The van der Waals surface area contributed by atoms with Crippen molar-refractivity contribution in [3.05, 3.63) is 22.3 Å². The summed E-state index contributed by atoms with van der Waals surface area (Å²) < 4.78 is 6.88. The molecular formula is C65H11NO2. The molecule has 0 atom stereocenters. The quantitative estimate of drug-likeness (QED) is 0.142. The molecule has 0 N–H and O–H groups in total. The van der Waals surface area contributed by atoms with Crippen LogP contribution in [-0.2, 0) is 4.74 Å². The van der Waals surface area contributed by atoms with Crippen LogP contribution in [0, 0.1) is 0 Å². The van der Waals surface area contributed by atoms with Crippen LogP contribution in [0.3, 0.4) is 0 Å². The number of rotatable bonds is 0. The Kier molecular flexibility index (Phi) is 2.16. The van der Waals surface area contributed by atoms with E-state index in [9.17, 15) is 0 Å². The van der Waals surface area contributed by atoms with Crippen molar-refractivity contribution in [3.8, 4) is 0 Å². The van der Waals surface area contributed by atoms with Gasteiger partial charge in [-0.1, -0.05) is 0 Å². The molecule has 2 aliphatic carbocycles. The Morgan fingerprint density at radius 1 is 0.250 bits per heavy atom. The maximum Gasteiger partial charge on any atom is 0.411 e. The average Bonchev–Trinajstić information content (AvgIpc) is 4.19. The smallest absolute Gasteiger partial charge is 0.411 e. The molecule has 2 heterocycles. The number of nitrogens with zero attached hydrogens (tertiary/aromatic N) is 1. The highest BCUT2D eigenvalue weighted by molar-refractivity contribution is 6.82. The van der Waals surface area contributed by atoms with Crippen LogP contribution in [-0.4, -0.2) is 16.6 Å². The molecule has 68 heavy (non-hydrogen) atoms. The first kappa shape index (κ1) is 25.6. The molecule has 3 heteroatoms. The second kappa shape index (κ2) is 5.74. The molecule has 0 fully saturated rings. The zero-order chi connectivity index (χ0) is 41.0. The minimum absolute atomic E-state index is 0.150. The van der Waals surface area contributed by atoms with Gasteiger partial charge in [-0.25, -0.2) is 4.79 Å². The van der Waals surface area contributed by atoms with Gasteiger partial charge in [0.15, 0.2) is 0 Å². The van der Waals surface area contributed by atoms with Crippen LogP contribution in [0.15, 0.2) is 0 Å². The van der Waals surface area contributed by atoms with E-state index < -0.39 is 5.60 Å². The minimum Gasteiger partial charge on any atom is -0.444 e. The normalized spacial score (nSPS) is 20.3. The average molecular weight is 838 g/mol. The van der Waals surface area contributed by atoms with E-state index in [0.29, 0.717) is 0 Å². The summed E-state index contributed by atoms with van der Waals surface area (Å²) >= 11 is 0. The van der Waals surface area contributed by atoms with Crippen molar-refractivity contribution in [2.24, 2.45) is 0 Å². The fraction of sp³-hybridized carbons (Fsp3) is 0.0923. The van der Waals surface area contributed by atoms with Crippen molar-refractivity contribution in [1.29, 1.82) is 0 Å². The van der Waals surface area contributed by atoms with Crippen LogP contribution >= 0.6 is 0 Å². The zero-order valence-corrected chi connectivity index (χ0v) is 35.4. The molecule has 0 saturated carbocycles. The lowest BCUT2D eigenvalue weighted by molar-refractivity contribution is 0.0137. The second-order valence-electron chi connectivity index (χ2n) is 25.6. The van der Waals surface area contributed by atoms with E-state index in [4.69, 9.17) is 4.74 Å². The molecule has 0 unspecified atom stereocenters. The van der Waals surface area contributed by atoms with Gasteiger partial charge < -0.3 is 4.74 Å². The molecule has 2 bridgehead atoms. The number of ether oxygens (including phenoxy) is 1. The number of carbonyl (C=O) groups excluding carboxylic acids is 1. The highest BCUT2D eigenvalue weighted by Gasteiger charge is 2.58. The summed E-state index contributed by atoms with van der Waals surface area (Å²) in [7, 11) is 0. The predicted molar refractivity (Wildman–Crippen MR) is 284 cm³/mol. The van der Waals surface area contributed by atoms with E-state index in [2.05, 4.69) is 25.7 Å². The van der Waals surface area contributed by atoms with Crippen molar-refractivity contribution >= 4 is 297 Å². The van der Waals surface area contributed by atoms with Crippen LogP contribution in [0.25, 0.3) is 291 Å². The largest absolute Gasteiger partial charge is 0.444 e. The van der Waals surface area contributed by atoms with Crippen molar-refractivity contribution < 1.29 is 9.53 Å². The van der Waals surface area contributed by atoms with Crippen LogP contribution in [0.2, 0.25) is 0 Å². The molecule has 4 aliphatic rings. The van der Waals surface area contributed by atoms with E-state index in [1.54, 1.807) is 205 Å². The summed E-state index contributed by atoms with van der Waals surface area (Å²) in [5, 5.41) is 84.6. The molecule has 0 saturated heterocycles. The van der Waals surface area contributed by atoms with Gasteiger partial charge in [-0.05, 0) is 334 Å². The first-order chi connectivity index (χ1) is 33.5. The maximum atomic E-state index is 16.2. The fourth-order valence-corrected chi connectivity index (χ4v) is 23.5. The zero-order valence-electron chi connectivity index (χ0n) is 35.4. The second-order valence-corrected chi connectivity index (χ2v) is 25.6. The van der Waals surface area contributed by atoms with Gasteiger partial charge in [-0.15, -0.1) is 0 Å². The lowest BCUT2D eigenvalue weighted by atomic mass is 9.88. The van der Waals surface area contributed by atoms with Gasteiger partial charge in [-0.3, -0.25) is 4.90 Å². The summed E-state index contributed by atoms with van der Waals surface area (Å²) in [4.78, 5) is 18.6. The summed E-state index contributed by atoms with van der Waals surface area (Å²) in [5.74, 6) is 0. The molecule has 3 nitrogen and oxygen atoms in total. The maximum absolute atomic E-state index is 16.2. The van der Waals surface area contributed by atoms with Crippen molar-refractivity contribution in [3.63, 3.8) is 0 Å². The third-order valence-corrected chi connectivity index (χ3v) is 23.7. The number of hydrogen-bond donors (Lipinski definition) is 0. The first-order valence-corrected chi connectivity index (χ1v) is 25.3. The Hall–Kier alpha value is -8.27. The Morgan fingerprint density at radius 3 is 0.485 bits per heavy atom. The van der Waals surface area contributed by atoms with Crippen LogP contribution in [0.1, 0.15) is 55.1 Å². The van der Waals surface area contributed by atoms with Crippen molar-refractivity contribution in [2.75, 3.05) is 0 Å². The third-order valence-electron chi connectivity index (χ3n) is 23.7. The van der Waals surface area contributed by atoms with Gasteiger partial charge >= 0.3 is 6.09 Å². The number of amides is 1. The van der Waals surface area contributed by atoms with Gasteiger partial charge in [0.25, 0.3) is 0 Å². The molecule has 1 amide bonds. The molecule has 28 aromatic rings. The molecule has 28 aromatic carbocycles. The first-order valence-electron chi connectivity index (χ1n) is 25.3. The van der Waals surface area contributed by atoms with E-state index in [-0.39, 0.29) is 18.2 Å². The van der Waals surface area contributed by atoms with Crippen LogP contribution < -0.4 is 0 Å². The molecule has 288 valence electrons. The number of carbonyl (C=O) groups is 1. The molecule has 0 radical (unpaired) electrons. The van der Waals surface area contributed by atoms with Gasteiger partial charge in [0.2, 0.25) is 0 Å². The summed E-state index contributed by atoms with van der Waals surface area (Å²) in [6, 6.07) is -0.506. The Labute approximate surface area is 370 Å². The van der Waals surface area contributed by atoms with E-state index in [1.807, 2.05) is 0 Å². The lowest BCUT2D eigenvalue weighted by Crippen LogP contribution is -2.40.